The van der Waals surface area contributed by atoms with Gasteiger partial charge in [-0.15, -0.1) is 9.97 Å². The van der Waals surface area contributed by atoms with Crippen LogP contribution in [0, 0.1) is 6.92 Å². The van der Waals surface area contributed by atoms with E-state index in [0.29, 0.717) is 18.0 Å². The first-order valence-electron chi connectivity index (χ1n) is 7.10. The molecular formula is C15H17F3N5O+. The van der Waals surface area contributed by atoms with Crippen LogP contribution in [0.5, 0.6) is 5.75 Å². The first-order valence-corrected chi connectivity index (χ1v) is 7.10. The van der Waals surface area contributed by atoms with Gasteiger partial charge in [0.15, 0.2) is 5.69 Å². The fourth-order valence-electron chi connectivity index (χ4n) is 1.88. The summed E-state index contributed by atoms with van der Waals surface area (Å²) in [6, 6.07) is 7.78. The lowest BCUT2D eigenvalue weighted by molar-refractivity contribution is -0.366. The number of nitrogens with two attached hydrogens (primary N) is 1. The minimum atomic E-state index is -4.55. The van der Waals surface area contributed by atoms with Crippen molar-refractivity contribution in [1.82, 2.24) is 9.97 Å². The summed E-state index contributed by atoms with van der Waals surface area (Å²) in [5, 5.41) is 2.80. The van der Waals surface area contributed by atoms with Crippen LogP contribution in [-0.4, -0.2) is 22.5 Å². The van der Waals surface area contributed by atoms with Gasteiger partial charge in [-0.1, -0.05) is 0 Å². The van der Waals surface area contributed by atoms with Crippen LogP contribution in [0.25, 0.3) is 0 Å². The van der Waals surface area contributed by atoms with Crippen molar-refractivity contribution in [1.29, 1.82) is 0 Å². The van der Waals surface area contributed by atoms with Gasteiger partial charge in [0.25, 0.3) is 5.96 Å². The molecule has 0 aliphatic carbocycles. The van der Waals surface area contributed by atoms with Gasteiger partial charge in [-0.2, -0.15) is 13.2 Å². The van der Waals surface area contributed by atoms with E-state index in [1.807, 2.05) is 6.92 Å². The summed E-state index contributed by atoms with van der Waals surface area (Å²) in [5.41, 5.74) is 5.52. The number of hydrogen-bond donors (Lipinski definition) is 3. The van der Waals surface area contributed by atoms with Crippen LogP contribution in [0.1, 0.15) is 18.3 Å². The van der Waals surface area contributed by atoms with Crippen LogP contribution in [0.4, 0.5) is 24.8 Å². The van der Waals surface area contributed by atoms with E-state index in [9.17, 15) is 13.2 Å². The summed E-state index contributed by atoms with van der Waals surface area (Å²) in [4.78, 5) is 9.81. The predicted octanol–water partition coefficient (Wildman–Crippen LogP) is 1.34. The molecule has 4 N–H and O–H groups in total. The van der Waals surface area contributed by atoms with Gasteiger partial charge in [0, 0.05) is 6.07 Å². The van der Waals surface area contributed by atoms with Gasteiger partial charge in [-0.05, 0) is 38.1 Å². The van der Waals surface area contributed by atoms with E-state index in [0.717, 1.165) is 6.07 Å². The highest BCUT2D eigenvalue weighted by Crippen LogP contribution is 2.27. The second-order valence-corrected chi connectivity index (χ2v) is 4.84. The van der Waals surface area contributed by atoms with Gasteiger partial charge in [0.2, 0.25) is 0 Å². The molecule has 9 heteroatoms. The molecular weight excluding hydrogens is 323 g/mol. The molecule has 0 unspecified atom stereocenters. The molecule has 24 heavy (non-hydrogen) atoms. The molecule has 0 amide bonds. The van der Waals surface area contributed by atoms with E-state index < -0.39 is 11.9 Å². The van der Waals surface area contributed by atoms with E-state index in [1.54, 1.807) is 24.3 Å². The maximum Gasteiger partial charge on any atom is 0.443 e. The number of anilines is 1. The van der Waals surface area contributed by atoms with Crippen molar-refractivity contribution in [2.45, 2.75) is 20.0 Å². The minimum absolute atomic E-state index is 0.00196. The molecule has 0 saturated carbocycles. The molecule has 0 aliphatic heterocycles. The Labute approximate surface area is 136 Å². The molecule has 0 atom stereocenters. The smallest absolute Gasteiger partial charge is 0.443 e. The number of ether oxygens (including phenoxy) is 1. The Kier molecular flexibility index (Phi) is 5.22. The van der Waals surface area contributed by atoms with E-state index in [-0.39, 0.29) is 17.6 Å². The Hall–Kier alpha value is -2.84. The standard InChI is InChI=1S/C15H16F3N5O/c1-3-24-11-6-4-10(5-7-11)21-13(19)23-14-20-9(2)8-12(22-14)15(16,17)18/h4-8H,3H2,1-2H3,(H3,19,20,21,22,23)/p+1. The van der Waals surface area contributed by atoms with Crippen molar-refractivity contribution in [2.75, 3.05) is 11.9 Å². The summed E-state index contributed by atoms with van der Waals surface area (Å²) in [7, 11) is 0. The third-order valence-corrected chi connectivity index (χ3v) is 2.84. The van der Waals surface area contributed by atoms with E-state index >= 15 is 0 Å². The van der Waals surface area contributed by atoms with Crippen molar-refractivity contribution in [2.24, 2.45) is 5.73 Å². The monoisotopic (exact) mass is 340 g/mol. The molecule has 1 aromatic carbocycles. The number of alkyl halides is 3. The SMILES string of the molecule is CCOc1ccc(NC(N)=[NH+]c2nc(C)cc(C(F)(F)F)n2)cc1. The van der Waals surface area contributed by atoms with Crippen molar-refractivity contribution in [3.8, 4) is 5.75 Å². The molecule has 0 fully saturated rings. The molecule has 2 aromatic rings. The van der Waals surface area contributed by atoms with Crippen LogP contribution in [0.15, 0.2) is 30.3 Å². The molecule has 128 valence electrons. The zero-order chi connectivity index (χ0) is 17.7. The molecule has 2 rings (SSSR count). The Morgan fingerprint density at radius 2 is 1.92 bits per heavy atom. The number of nitrogens with one attached hydrogen (secondary N) is 2. The fraction of sp³-hybridized carbons (Fsp3) is 0.267. The van der Waals surface area contributed by atoms with Crippen molar-refractivity contribution < 1.29 is 22.9 Å². The Balaban J connectivity index is 2.17. The highest BCUT2D eigenvalue weighted by Gasteiger charge is 2.35. The molecule has 0 aliphatic rings. The third kappa shape index (κ3) is 4.83. The molecule has 0 bridgehead atoms. The van der Waals surface area contributed by atoms with Crippen LogP contribution in [-0.2, 0) is 6.18 Å². The zero-order valence-corrected chi connectivity index (χ0v) is 13.1. The maximum absolute atomic E-state index is 12.7. The molecule has 1 heterocycles. The van der Waals surface area contributed by atoms with Gasteiger partial charge in [-0.3, -0.25) is 5.32 Å². The number of aromatic nitrogens is 2. The zero-order valence-electron chi connectivity index (χ0n) is 13.1. The summed E-state index contributed by atoms with van der Waals surface area (Å²) < 4.78 is 43.6. The summed E-state index contributed by atoms with van der Waals surface area (Å²) in [5.74, 6) is 0.461. The molecule has 6 nitrogen and oxygen atoms in total. The predicted molar refractivity (Wildman–Crippen MR) is 82.8 cm³/mol. The van der Waals surface area contributed by atoms with Crippen LogP contribution in [0.2, 0.25) is 0 Å². The van der Waals surface area contributed by atoms with Gasteiger partial charge < -0.3 is 10.5 Å². The van der Waals surface area contributed by atoms with Crippen molar-refractivity contribution in [3.63, 3.8) is 0 Å². The summed E-state index contributed by atoms with van der Waals surface area (Å²) in [6.07, 6.45) is -4.55. The second kappa shape index (κ2) is 7.16. The molecule has 1 aromatic heterocycles. The fourth-order valence-corrected chi connectivity index (χ4v) is 1.88. The Morgan fingerprint density at radius 3 is 2.50 bits per heavy atom. The van der Waals surface area contributed by atoms with Gasteiger partial charge in [0.1, 0.15) is 5.75 Å². The lowest BCUT2D eigenvalue weighted by Gasteiger charge is -2.05. The summed E-state index contributed by atoms with van der Waals surface area (Å²) in [6.45, 7) is 3.87. The second-order valence-electron chi connectivity index (χ2n) is 4.84. The average Bonchev–Trinajstić information content (AvgIpc) is 2.48. The number of aryl methyl sites for hydroxylation is 1. The van der Waals surface area contributed by atoms with Gasteiger partial charge >= 0.3 is 12.1 Å². The molecule has 0 saturated heterocycles. The van der Waals surface area contributed by atoms with E-state index in [2.05, 4.69) is 20.3 Å². The average molecular weight is 340 g/mol. The topological polar surface area (TPSA) is 87.0 Å². The Morgan fingerprint density at radius 1 is 1.25 bits per heavy atom. The molecule has 0 spiro atoms. The van der Waals surface area contributed by atoms with Crippen LogP contribution < -0.4 is 20.8 Å². The van der Waals surface area contributed by atoms with E-state index in [1.165, 1.54) is 6.92 Å². The van der Waals surface area contributed by atoms with Crippen LogP contribution in [0.3, 0.4) is 0 Å². The number of guanidine groups is 1. The van der Waals surface area contributed by atoms with Crippen molar-refractivity contribution >= 4 is 17.6 Å². The molecule has 0 radical (unpaired) electrons. The lowest BCUT2D eigenvalue weighted by Crippen LogP contribution is -2.72. The quantitative estimate of drug-likeness (QED) is 0.578. The number of rotatable bonds is 4. The minimum Gasteiger partial charge on any atom is -0.494 e. The largest absolute Gasteiger partial charge is 0.494 e. The highest BCUT2D eigenvalue weighted by atomic mass is 19.4. The Bertz CT molecular complexity index is 729. The maximum atomic E-state index is 12.7. The number of hydrogen-bond acceptors (Lipinski definition) is 3. The third-order valence-electron chi connectivity index (χ3n) is 2.84. The number of benzene rings is 1. The first-order chi connectivity index (χ1) is 11.3. The van der Waals surface area contributed by atoms with Crippen LogP contribution >= 0.6 is 0 Å². The lowest BCUT2D eigenvalue weighted by atomic mass is 10.3. The first kappa shape index (κ1) is 17.5. The number of halogens is 3. The van der Waals surface area contributed by atoms with Gasteiger partial charge in [0.05, 0.1) is 18.0 Å². The van der Waals surface area contributed by atoms with Gasteiger partial charge in [-0.25, -0.2) is 4.99 Å². The summed E-state index contributed by atoms with van der Waals surface area (Å²) >= 11 is 0. The highest BCUT2D eigenvalue weighted by molar-refractivity contribution is 5.88. The number of nitrogens with zero attached hydrogens (tertiary/aromatic N) is 2. The van der Waals surface area contributed by atoms with Crippen molar-refractivity contribution in [3.05, 3.63) is 41.7 Å². The van der Waals surface area contributed by atoms with E-state index in [4.69, 9.17) is 10.5 Å². The normalized spacial score (nSPS) is 12.1.